The first-order valence-corrected chi connectivity index (χ1v) is 13.2. The van der Waals surface area contributed by atoms with Gasteiger partial charge in [0.05, 0.1) is 19.3 Å². The standard InChI is InChI=1S/C32H31BrO2/c33-29(21-31(23-34,25-13-5-1-6-14-25)26-15-7-2-8-16-26)30-22-32(24-35-30,27-17-9-3-10-18-27)28-19-11-4-12-20-28/h1-20,29-30,34H,21-24H2/t29-,30-/m1/s1. The molecule has 2 atom stereocenters. The molecule has 0 spiro atoms. The van der Waals surface area contributed by atoms with Crippen molar-refractivity contribution in [1.29, 1.82) is 0 Å². The van der Waals surface area contributed by atoms with Crippen LogP contribution in [0.3, 0.4) is 0 Å². The molecule has 0 unspecified atom stereocenters. The first-order chi connectivity index (χ1) is 17.2. The number of benzene rings is 4. The van der Waals surface area contributed by atoms with E-state index in [2.05, 4.69) is 101 Å². The Morgan fingerprint density at radius 2 is 1.17 bits per heavy atom. The van der Waals surface area contributed by atoms with Gasteiger partial charge in [0.15, 0.2) is 0 Å². The molecular weight excluding hydrogens is 496 g/mol. The Morgan fingerprint density at radius 1 is 0.743 bits per heavy atom. The molecule has 0 aliphatic carbocycles. The van der Waals surface area contributed by atoms with Crippen molar-refractivity contribution >= 4 is 15.9 Å². The van der Waals surface area contributed by atoms with E-state index in [1.807, 2.05) is 36.4 Å². The largest absolute Gasteiger partial charge is 0.395 e. The number of halogens is 1. The number of aliphatic hydroxyl groups excluding tert-OH is 1. The second-order valence-electron chi connectivity index (χ2n) is 9.56. The van der Waals surface area contributed by atoms with Crippen molar-refractivity contribution in [3.63, 3.8) is 0 Å². The predicted octanol–water partition coefficient (Wildman–Crippen LogP) is 6.89. The second-order valence-corrected chi connectivity index (χ2v) is 10.7. The number of ether oxygens (including phenoxy) is 1. The van der Waals surface area contributed by atoms with Gasteiger partial charge in [0, 0.05) is 15.7 Å². The maximum absolute atomic E-state index is 10.9. The molecule has 35 heavy (non-hydrogen) atoms. The van der Waals surface area contributed by atoms with Gasteiger partial charge >= 0.3 is 0 Å². The fourth-order valence-corrected chi connectivity index (χ4v) is 6.55. The summed E-state index contributed by atoms with van der Waals surface area (Å²) < 4.78 is 6.57. The quantitative estimate of drug-likeness (QED) is 0.253. The summed E-state index contributed by atoms with van der Waals surface area (Å²) in [5, 5.41) is 10.9. The van der Waals surface area contributed by atoms with E-state index >= 15 is 0 Å². The van der Waals surface area contributed by atoms with Crippen LogP contribution in [0, 0.1) is 0 Å². The molecule has 178 valence electrons. The lowest BCUT2D eigenvalue weighted by atomic mass is 9.69. The maximum atomic E-state index is 10.9. The maximum Gasteiger partial charge on any atom is 0.0713 e. The highest BCUT2D eigenvalue weighted by Crippen LogP contribution is 2.47. The van der Waals surface area contributed by atoms with Crippen molar-refractivity contribution in [2.75, 3.05) is 13.2 Å². The molecule has 1 N–H and O–H groups in total. The summed E-state index contributed by atoms with van der Waals surface area (Å²) >= 11 is 4.04. The number of hydrogen-bond acceptors (Lipinski definition) is 2. The van der Waals surface area contributed by atoms with Crippen molar-refractivity contribution in [1.82, 2.24) is 0 Å². The summed E-state index contributed by atoms with van der Waals surface area (Å²) in [6.07, 6.45) is 1.61. The minimum atomic E-state index is -0.523. The van der Waals surface area contributed by atoms with Crippen molar-refractivity contribution in [3.8, 4) is 0 Å². The third kappa shape index (κ3) is 4.61. The third-order valence-electron chi connectivity index (χ3n) is 7.62. The van der Waals surface area contributed by atoms with E-state index in [-0.39, 0.29) is 23.0 Å². The molecule has 3 heteroatoms. The van der Waals surface area contributed by atoms with Gasteiger partial charge in [-0.2, -0.15) is 0 Å². The van der Waals surface area contributed by atoms with E-state index in [0.717, 1.165) is 24.0 Å². The monoisotopic (exact) mass is 526 g/mol. The lowest BCUT2D eigenvalue weighted by molar-refractivity contribution is 0.0949. The van der Waals surface area contributed by atoms with E-state index < -0.39 is 5.41 Å². The van der Waals surface area contributed by atoms with Crippen LogP contribution < -0.4 is 0 Å². The second kappa shape index (κ2) is 10.5. The summed E-state index contributed by atoms with van der Waals surface area (Å²) in [7, 11) is 0. The zero-order chi connectivity index (χ0) is 24.1. The summed E-state index contributed by atoms with van der Waals surface area (Å²) in [5.74, 6) is 0. The van der Waals surface area contributed by atoms with Crippen LogP contribution in [0.1, 0.15) is 35.1 Å². The highest BCUT2D eigenvalue weighted by molar-refractivity contribution is 9.09. The predicted molar refractivity (Wildman–Crippen MR) is 146 cm³/mol. The van der Waals surface area contributed by atoms with Gasteiger partial charge in [0.25, 0.3) is 0 Å². The van der Waals surface area contributed by atoms with Gasteiger partial charge in [-0.05, 0) is 35.1 Å². The molecule has 0 amide bonds. The summed E-state index contributed by atoms with van der Waals surface area (Å²) in [6.45, 7) is 0.662. The Balaban J connectivity index is 1.49. The average Bonchev–Trinajstić information content (AvgIpc) is 3.41. The third-order valence-corrected chi connectivity index (χ3v) is 8.53. The van der Waals surface area contributed by atoms with E-state index in [1.165, 1.54) is 11.1 Å². The van der Waals surface area contributed by atoms with Gasteiger partial charge in [-0.3, -0.25) is 0 Å². The minimum absolute atomic E-state index is 0.00811. The average molecular weight is 528 g/mol. The Bertz CT molecular complexity index is 1120. The molecule has 4 aromatic carbocycles. The Morgan fingerprint density at radius 3 is 1.60 bits per heavy atom. The minimum Gasteiger partial charge on any atom is -0.395 e. The van der Waals surface area contributed by atoms with Crippen LogP contribution in [0.15, 0.2) is 121 Å². The van der Waals surface area contributed by atoms with Crippen LogP contribution in [0.2, 0.25) is 0 Å². The van der Waals surface area contributed by atoms with E-state index in [4.69, 9.17) is 4.74 Å². The highest BCUT2D eigenvalue weighted by Gasteiger charge is 2.47. The van der Waals surface area contributed by atoms with Gasteiger partial charge in [-0.15, -0.1) is 0 Å². The number of alkyl halides is 1. The van der Waals surface area contributed by atoms with Gasteiger partial charge < -0.3 is 9.84 Å². The molecule has 0 bridgehead atoms. The van der Waals surface area contributed by atoms with Gasteiger partial charge in [-0.25, -0.2) is 0 Å². The van der Waals surface area contributed by atoms with Crippen molar-refractivity contribution in [2.24, 2.45) is 0 Å². The lowest BCUT2D eigenvalue weighted by Gasteiger charge is -2.36. The van der Waals surface area contributed by atoms with Gasteiger partial charge in [0.1, 0.15) is 0 Å². The molecule has 0 saturated carbocycles. The first kappa shape index (κ1) is 24.0. The zero-order valence-electron chi connectivity index (χ0n) is 19.8. The number of rotatable bonds is 8. The molecule has 1 saturated heterocycles. The normalized spacial score (nSPS) is 18.3. The molecular formula is C32H31BrO2. The fraction of sp³-hybridized carbons (Fsp3) is 0.250. The smallest absolute Gasteiger partial charge is 0.0713 e. The molecule has 1 fully saturated rings. The highest BCUT2D eigenvalue weighted by atomic mass is 79.9. The summed E-state index contributed by atoms with van der Waals surface area (Å²) in [4.78, 5) is 0.0596. The van der Waals surface area contributed by atoms with E-state index in [9.17, 15) is 5.11 Å². The molecule has 1 aliphatic rings. The molecule has 5 rings (SSSR count). The SMILES string of the molecule is OCC(C[C@@H](Br)[C@H]1CC(c2ccccc2)(c2ccccc2)CO1)(c1ccccc1)c1ccccc1. The zero-order valence-corrected chi connectivity index (χ0v) is 21.3. The van der Waals surface area contributed by atoms with Gasteiger partial charge in [-0.1, -0.05) is 137 Å². The Labute approximate surface area is 216 Å². The summed E-state index contributed by atoms with van der Waals surface area (Å²) in [5.41, 5.74) is 4.09. The molecule has 1 heterocycles. The van der Waals surface area contributed by atoms with E-state index in [0.29, 0.717) is 6.61 Å². The molecule has 0 aromatic heterocycles. The van der Waals surface area contributed by atoms with Crippen molar-refractivity contribution < 1.29 is 9.84 Å². The van der Waals surface area contributed by atoms with Crippen LogP contribution in [-0.4, -0.2) is 29.3 Å². The fourth-order valence-electron chi connectivity index (χ4n) is 5.65. The van der Waals surface area contributed by atoms with Crippen molar-refractivity contribution in [3.05, 3.63) is 144 Å². The molecule has 0 radical (unpaired) electrons. The first-order valence-electron chi connectivity index (χ1n) is 12.3. The van der Waals surface area contributed by atoms with Crippen LogP contribution in [0.4, 0.5) is 0 Å². The number of hydrogen-bond donors (Lipinski definition) is 1. The molecule has 4 aromatic rings. The summed E-state index contributed by atoms with van der Waals surface area (Å²) in [6, 6.07) is 42.2. The van der Waals surface area contributed by atoms with E-state index in [1.54, 1.807) is 0 Å². The van der Waals surface area contributed by atoms with Crippen LogP contribution in [-0.2, 0) is 15.6 Å². The van der Waals surface area contributed by atoms with Crippen molar-refractivity contribution in [2.45, 2.75) is 34.6 Å². The Hall–Kier alpha value is -2.72. The van der Waals surface area contributed by atoms with Crippen LogP contribution in [0.5, 0.6) is 0 Å². The molecule has 1 aliphatic heterocycles. The van der Waals surface area contributed by atoms with Gasteiger partial charge in [0.2, 0.25) is 0 Å². The van der Waals surface area contributed by atoms with Crippen LogP contribution in [0.25, 0.3) is 0 Å². The lowest BCUT2D eigenvalue weighted by Crippen LogP contribution is -2.38. The Kier molecular flexibility index (Phi) is 7.19. The topological polar surface area (TPSA) is 29.5 Å². The molecule has 2 nitrogen and oxygen atoms in total. The number of aliphatic hydroxyl groups is 1. The van der Waals surface area contributed by atoms with Crippen LogP contribution >= 0.6 is 15.9 Å².